The number of sulfone groups is 1. The molecule has 0 unspecified atom stereocenters. The van der Waals surface area contributed by atoms with Crippen LogP contribution in [-0.4, -0.2) is 33.4 Å². The molecule has 0 radical (unpaired) electrons. The fourth-order valence-corrected chi connectivity index (χ4v) is 4.48. The average molecular weight is 452 g/mol. The van der Waals surface area contributed by atoms with Gasteiger partial charge in [0.2, 0.25) is 5.91 Å². The molecule has 3 aromatic carbocycles. The van der Waals surface area contributed by atoms with E-state index in [1.165, 1.54) is 6.26 Å². The number of aryl methyl sites for hydroxylation is 1. The first kappa shape index (κ1) is 22.1. The molecule has 0 bridgehead atoms. The van der Waals surface area contributed by atoms with Crippen molar-refractivity contribution in [1.29, 1.82) is 0 Å². The molecule has 0 aromatic heterocycles. The maximum atomic E-state index is 13.1. The van der Waals surface area contributed by atoms with Crippen molar-refractivity contribution in [2.75, 3.05) is 24.4 Å². The molecule has 0 atom stereocenters. The van der Waals surface area contributed by atoms with Gasteiger partial charge in [-0.2, -0.15) is 0 Å². The SMILES string of the molecule is COc1ccc(C2(C(=O)Nc3cccc(-c4ccc(CCS(C)(=O)=O)cc4)c3)CC2)cc1.[HH]. The molecule has 1 saturated carbocycles. The third kappa shape index (κ3) is 5.02. The Morgan fingerprint density at radius 1 is 1.00 bits per heavy atom. The lowest BCUT2D eigenvalue weighted by molar-refractivity contribution is -0.118. The Hall–Kier alpha value is -3.12. The number of ether oxygens (including phenoxy) is 1. The van der Waals surface area contributed by atoms with Crippen molar-refractivity contribution in [2.45, 2.75) is 24.7 Å². The van der Waals surface area contributed by atoms with E-state index in [9.17, 15) is 13.2 Å². The zero-order valence-corrected chi connectivity index (χ0v) is 19.1. The number of benzene rings is 3. The fourth-order valence-electron chi connectivity index (χ4n) is 3.88. The van der Waals surface area contributed by atoms with Crippen molar-refractivity contribution < 1.29 is 19.4 Å². The molecule has 0 spiro atoms. The molecule has 0 saturated heterocycles. The van der Waals surface area contributed by atoms with Gasteiger partial charge in [0.15, 0.2) is 0 Å². The minimum absolute atomic E-state index is 0. The summed E-state index contributed by atoms with van der Waals surface area (Å²) in [5, 5.41) is 3.09. The van der Waals surface area contributed by atoms with E-state index in [1.54, 1.807) is 7.11 Å². The van der Waals surface area contributed by atoms with Gasteiger partial charge in [-0.25, -0.2) is 8.42 Å². The van der Waals surface area contributed by atoms with Crippen LogP contribution in [0, 0.1) is 0 Å². The first-order chi connectivity index (χ1) is 15.3. The van der Waals surface area contributed by atoms with Crippen LogP contribution in [0.1, 0.15) is 25.4 Å². The van der Waals surface area contributed by atoms with Gasteiger partial charge in [0.1, 0.15) is 15.6 Å². The highest BCUT2D eigenvalue weighted by molar-refractivity contribution is 7.90. The summed E-state index contributed by atoms with van der Waals surface area (Å²) >= 11 is 0. The number of carbonyl (C=O) groups is 1. The number of nitrogens with one attached hydrogen (secondary N) is 1. The monoisotopic (exact) mass is 451 g/mol. The summed E-state index contributed by atoms with van der Waals surface area (Å²) in [6, 6.07) is 23.4. The number of methoxy groups -OCH3 is 1. The second-order valence-electron chi connectivity index (χ2n) is 8.42. The topological polar surface area (TPSA) is 72.5 Å². The molecule has 1 N–H and O–H groups in total. The lowest BCUT2D eigenvalue weighted by atomic mass is 9.94. The number of hydrogen-bond donors (Lipinski definition) is 1. The number of anilines is 1. The summed E-state index contributed by atoms with van der Waals surface area (Å²) < 4.78 is 28.0. The highest BCUT2D eigenvalue weighted by Gasteiger charge is 2.51. The molecule has 1 amide bonds. The summed E-state index contributed by atoms with van der Waals surface area (Å²) in [7, 11) is -1.35. The van der Waals surface area contributed by atoms with E-state index in [0.29, 0.717) is 6.42 Å². The highest BCUT2D eigenvalue weighted by Crippen LogP contribution is 2.49. The minimum atomic E-state index is -2.98. The summed E-state index contributed by atoms with van der Waals surface area (Å²) in [6.07, 6.45) is 3.42. The Morgan fingerprint density at radius 3 is 2.28 bits per heavy atom. The second-order valence-corrected chi connectivity index (χ2v) is 10.7. The van der Waals surface area contributed by atoms with Gasteiger partial charge in [-0.05, 0) is 65.8 Å². The highest BCUT2D eigenvalue weighted by atomic mass is 32.2. The Labute approximate surface area is 190 Å². The lowest BCUT2D eigenvalue weighted by Crippen LogP contribution is -2.27. The largest absolute Gasteiger partial charge is 0.497 e. The van der Waals surface area contributed by atoms with E-state index in [-0.39, 0.29) is 13.1 Å². The molecule has 0 heterocycles. The normalized spacial score (nSPS) is 14.6. The van der Waals surface area contributed by atoms with Gasteiger partial charge in [-0.3, -0.25) is 4.79 Å². The van der Waals surface area contributed by atoms with Crippen LogP contribution in [0.3, 0.4) is 0 Å². The van der Waals surface area contributed by atoms with Crippen molar-refractivity contribution >= 4 is 21.4 Å². The molecule has 1 aliphatic rings. The van der Waals surface area contributed by atoms with Gasteiger partial charge >= 0.3 is 0 Å². The molecule has 6 heteroatoms. The Balaban J connectivity index is 0.00000306. The molecule has 168 valence electrons. The molecule has 32 heavy (non-hydrogen) atoms. The molecule has 1 aliphatic carbocycles. The first-order valence-electron chi connectivity index (χ1n) is 10.6. The smallest absolute Gasteiger partial charge is 0.235 e. The molecule has 1 fully saturated rings. The fraction of sp³-hybridized carbons (Fsp3) is 0.269. The summed E-state index contributed by atoms with van der Waals surface area (Å²) in [5.74, 6) is 0.931. The maximum Gasteiger partial charge on any atom is 0.235 e. The van der Waals surface area contributed by atoms with Gasteiger partial charge in [-0.15, -0.1) is 0 Å². The number of carbonyl (C=O) groups excluding carboxylic acids is 1. The summed E-state index contributed by atoms with van der Waals surface area (Å²) in [5.41, 5.74) is 4.29. The zero-order chi connectivity index (χ0) is 22.8. The van der Waals surface area contributed by atoms with Crippen LogP contribution in [0.5, 0.6) is 5.75 Å². The molecule has 5 nitrogen and oxygen atoms in total. The number of rotatable bonds is 8. The van der Waals surface area contributed by atoms with Crippen molar-refractivity contribution in [3.8, 4) is 16.9 Å². The third-order valence-corrected chi connectivity index (χ3v) is 6.94. The van der Waals surface area contributed by atoms with Crippen LogP contribution < -0.4 is 10.1 Å². The van der Waals surface area contributed by atoms with Crippen molar-refractivity contribution in [3.05, 3.63) is 83.9 Å². The van der Waals surface area contributed by atoms with E-state index in [4.69, 9.17) is 4.74 Å². The zero-order valence-electron chi connectivity index (χ0n) is 18.3. The Kier molecular flexibility index (Phi) is 6.07. The second kappa shape index (κ2) is 8.79. The van der Waals surface area contributed by atoms with Gasteiger partial charge in [-0.1, -0.05) is 48.5 Å². The quantitative estimate of drug-likeness (QED) is 0.531. The van der Waals surface area contributed by atoms with Crippen molar-refractivity contribution in [3.63, 3.8) is 0 Å². The van der Waals surface area contributed by atoms with Crippen LogP contribution in [0.25, 0.3) is 11.1 Å². The van der Waals surface area contributed by atoms with Crippen LogP contribution in [-0.2, 0) is 26.5 Å². The van der Waals surface area contributed by atoms with E-state index in [0.717, 1.165) is 46.5 Å². The predicted octanol–water partition coefficient (Wildman–Crippen LogP) is 4.87. The average Bonchev–Trinajstić information content (AvgIpc) is 3.60. The van der Waals surface area contributed by atoms with E-state index in [1.807, 2.05) is 72.8 Å². The molecular weight excluding hydrogens is 422 g/mol. The third-order valence-electron chi connectivity index (χ3n) is 6.00. The number of hydrogen-bond acceptors (Lipinski definition) is 4. The van der Waals surface area contributed by atoms with Crippen molar-refractivity contribution in [1.82, 2.24) is 0 Å². The Bertz CT molecular complexity index is 1220. The first-order valence-corrected chi connectivity index (χ1v) is 12.7. The summed E-state index contributed by atoms with van der Waals surface area (Å²) in [4.78, 5) is 13.1. The van der Waals surface area contributed by atoms with E-state index < -0.39 is 15.3 Å². The van der Waals surface area contributed by atoms with E-state index >= 15 is 0 Å². The van der Waals surface area contributed by atoms with Crippen LogP contribution in [0.2, 0.25) is 0 Å². The van der Waals surface area contributed by atoms with E-state index in [2.05, 4.69) is 5.32 Å². The predicted molar refractivity (Wildman–Crippen MR) is 130 cm³/mol. The lowest BCUT2D eigenvalue weighted by Gasteiger charge is -2.17. The van der Waals surface area contributed by atoms with Gasteiger partial charge in [0, 0.05) is 13.4 Å². The van der Waals surface area contributed by atoms with Crippen molar-refractivity contribution in [2.24, 2.45) is 0 Å². The van der Waals surface area contributed by atoms with Gasteiger partial charge < -0.3 is 10.1 Å². The molecule has 0 aliphatic heterocycles. The number of amides is 1. The molecular formula is C26H29NO4S. The van der Waals surface area contributed by atoms with Crippen LogP contribution >= 0.6 is 0 Å². The Morgan fingerprint density at radius 2 is 1.69 bits per heavy atom. The maximum absolute atomic E-state index is 13.1. The molecule has 3 aromatic rings. The standard InChI is InChI=1S/C26H27NO4S.H2/c1-31-24-12-10-22(11-13-24)26(15-16-26)25(28)27-23-5-3-4-21(18-23)20-8-6-19(7-9-20)14-17-32(2,29)30;/h3-13,18H,14-17H2,1-2H3,(H,27,28);1H. The summed E-state index contributed by atoms with van der Waals surface area (Å²) in [6.45, 7) is 0. The van der Waals surface area contributed by atoms with Crippen LogP contribution in [0.15, 0.2) is 72.8 Å². The van der Waals surface area contributed by atoms with Gasteiger partial charge in [0.05, 0.1) is 18.3 Å². The van der Waals surface area contributed by atoms with Crippen LogP contribution in [0.4, 0.5) is 5.69 Å². The van der Waals surface area contributed by atoms with Gasteiger partial charge in [0.25, 0.3) is 0 Å². The minimum Gasteiger partial charge on any atom is -0.497 e. The molecule has 4 rings (SSSR count).